The van der Waals surface area contributed by atoms with E-state index >= 15 is 0 Å². The standard InChI is InChI=1S/C22H24F3NO4S/c23-22(24,25)21-5-2-1-4-18(21)10-17-31(27,28)20-8-6-19(7-9-20)30-14-3-11-26-12-15-29-16-13-26/h1-2,4-10,17H,3,11-16H2/b17-10+. The van der Waals surface area contributed by atoms with Gasteiger partial charge in [0.15, 0.2) is 9.84 Å². The SMILES string of the molecule is O=S(=O)(/C=C/c1ccccc1C(F)(F)F)c1ccc(OCCCN2CCOCC2)cc1. The molecular weight excluding hydrogens is 431 g/mol. The maximum Gasteiger partial charge on any atom is 0.416 e. The lowest BCUT2D eigenvalue weighted by Crippen LogP contribution is -2.37. The summed E-state index contributed by atoms with van der Waals surface area (Å²) in [6.45, 7) is 4.71. The number of nitrogens with zero attached hydrogens (tertiary/aromatic N) is 1. The Hall–Kier alpha value is -2.36. The molecule has 0 radical (unpaired) electrons. The zero-order chi connectivity index (χ0) is 22.3. The molecule has 1 aliphatic rings. The fourth-order valence-electron chi connectivity index (χ4n) is 3.17. The average Bonchev–Trinajstić information content (AvgIpc) is 2.76. The van der Waals surface area contributed by atoms with Crippen LogP contribution < -0.4 is 4.74 Å². The zero-order valence-electron chi connectivity index (χ0n) is 16.8. The summed E-state index contributed by atoms with van der Waals surface area (Å²) in [5, 5.41) is 0.787. The van der Waals surface area contributed by atoms with E-state index in [0.717, 1.165) is 56.8 Å². The van der Waals surface area contributed by atoms with Crippen LogP contribution in [0.4, 0.5) is 13.2 Å². The van der Waals surface area contributed by atoms with Gasteiger partial charge in [0.1, 0.15) is 5.75 Å². The topological polar surface area (TPSA) is 55.8 Å². The third-order valence-corrected chi connectivity index (χ3v) is 6.26. The molecular formula is C22H24F3NO4S. The van der Waals surface area contributed by atoms with Crippen LogP contribution in [0.15, 0.2) is 58.8 Å². The second kappa shape index (κ2) is 10.3. The molecule has 0 N–H and O–H groups in total. The third-order valence-electron chi connectivity index (χ3n) is 4.84. The van der Waals surface area contributed by atoms with Gasteiger partial charge in [-0.3, -0.25) is 4.90 Å². The summed E-state index contributed by atoms with van der Waals surface area (Å²) in [5.41, 5.74) is -1.10. The first-order valence-corrected chi connectivity index (χ1v) is 11.4. The van der Waals surface area contributed by atoms with Crippen molar-refractivity contribution in [2.24, 2.45) is 0 Å². The van der Waals surface area contributed by atoms with Crippen molar-refractivity contribution in [3.63, 3.8) is 0 Å². The van der Waals surface area contributed by atoms with Gasteiger partial charge < -0.3 is 9.47 Å². The highest BCUT2D eigenvalue weighted by molar-refractivity contribution is 7.94. The van der Waals surface area contributed by atoms with E-state index in [-0.39, 0.29) is 10.5 Å². The molecule has 168 valence electrons. The van der Waals surface area contributed by atoms with E-state index in [4.69, 9.17) is 9.47 Å². The highest BCUT2D eigenvalue weighted by Gasteiger charge is 2.32. The lowest BCUT2D eigenvalue weighted by molar-refractivity contribution is -0.137. The summed E-state index contributed by atoms with van der Waals surface area (Å²) >= 11 is 0. The molecule has 31 heavy (non-hydrogen) atoms. The van der Waals surface area contributed by atoms with E-state index in [2.05, 4.69) is 4.90 Å². The minimum Gasteiger partial charge on any atom is -0.494 e. The Balaban J connectivity index is 1.58. The van der Waals surface area contributed by atoms with Gasteiger partial charge in [-0.1, -0.05) is 18.2 Å². The molecule has 1 aliphatic heterocycles. The van der Waals surface area contributed by atoms with Gasteiger partial charge in [-0.25, -0.2) is 8.42 Å². The number of morpholine rings is 1. The monoisotopic (exact) mass is 455 g/mol. The molecule has 0 bridgehead atoms. The number of halogens is 3. The van der Waals surface area contributed by atoms with Gasteiger partial charge in [0.25, 0.3) is 0 Å². The lowest BCUT2D eigenvalue weighted by atomic mass is 10.1. The first-order valence-electron chi connectivity index (χ1n) is 9.88. The number of hydrogen-bond donors (Lipinski definition) is 0. The highest BCUT2D eigenvalue weighted by atomic mass is 32.2. The number of hydrogen-bond acceptors (Lipinski definition) is 5. The average molecular weight is 455 g/mol. The van der Waals surface area contributed by atoms with Crippen LogP contribution in [0.2, 0.25) is 0 Å². The Morgan fingerprint density at radius 3 is 2.39 bits per heavy atom. The quantitative estimate of drug-likeness (QED) is 0.557. The number of sulfone groups is 1. The van der Waals surface area contributed by atoms with Crippen molar-refractivity contribution < 1.29 is 31.1 Å². The van der Waals surface area contributed by atoms with E-state index < -0.39 is 21.6 Å². The molecule has 0 spiro atoms. The minimum atomic E-state index is -4.56. The van der Waals surface area contributed by atoms with Crippen LogP contribution in [0.1, 0.15) is 17.5 Å². The Morgan fingerprint density at radius 1 is 1.03 bits per heavy atom. The molecule has 3 rings (SSSR count). The number of rotatable bonds is 8. The van der Waals surface area contributed by atoms with Crippen LogP contribution in [0, 0.1) is 0 Å². The lowest BCUT2D eigenvalue weighted by Gasteiger charge is -2.26. The molecule has 0 aromatic heterocycles. The van der Waals surface area contributed by atoms with Crippen LogP contribution in [0.5, 0.6) is 5.75 Å². The Labute approximate surface area is 180 Å². The summed E-state index contributed by atoms with van der Waals surface area (Å²) in [6, 6.07) is 10.7. The van der Waals surface area contributed by atoms with Gasteiger partial charge in [-0.05, 0) is 48.4 Å². The number of alkyl halides is 3. The van der Waals surface area contributed by atoms with Crippen molar-refractivity contribution in [3.8, 4) is 5.75 Å². The van der Waals surface area contributed by atoms with Crippen molar-refractivity contribution in [1.29, 1.82) is 0 Å². The van der Waals surface area contributed by atoms with Crippen molar-refractivity contribution in [3.05, 3.63) is 65.1 Å². The summed E-state index contributed by atoms with van der Waals surface area (Å²) < 4.78 is 75.1. The molecule has 1 fully saturated rings. The fourth-order valence-corrected chi connectivity index (χ4v) is 4.17. The molecule has 0 atom stereocenters. The van der Waals surface area contributed by atoms with Gasteiger partial charge in [0.05, 0.1) is 30.3 Å². The van der Waals surface area contributed by atoms with Crippen molar-refractivity contribution >= 4 is 15.9 Å². The summed E-state index contributed by atoms with van der Waals surface area (Å²) in [7, 11) is -3.90. The Bertz CT molecular complexity index is 983. The largest absolute Gasteiger partial charge is 0.494 e. The van der Waals surface area contributed by atoms with Crippen molar-refractivity contribution in [2.75, 3.05) is 39.5 Å². The van der Waals surface area contributed by atoms with Crippen LogP contribution in [0.25, 0.3) is 6.08 Å². The summed E-state index contributed by atoms with van der Waals surface area (Å²) in [6.07, 6.45) is -2.76. The number of ether oxygens (including phenoxy) is 2. The molecule has 0 unspecified atom stereocenters. The van der Waals surface area contributed by atoms with E-state index in [1.54, 1.807) is 12.1 Å². The predicted octanol–water partition coefficient (Wildman–Crippen LogP) is 4.25. The van der Waals surface area contributed by atoms with Gasteiger partial charge in [0.2, 0.25) is 0 Å². The molecule has 5 nitrogen and oxygen atoms in total. The smallest absolute Gasteiger partial charge is 0.416 e. The first-order chi connectivity index (χ1) is 14.8. The highest BCUT2D eigenvalue weighted by Crippen LogP contribution is 2.32. The van der Waals surface area contributed by atoms with Crippen LogP contribution >= 0.6 is 0 Å². The van der Waals surface area contributed by atoms with Crippen LogP contribution in [-0.4, -0.2) is 52.8 Å². The van der Waals surface area contributed by atoms with E-state index in [0.29, 0.717) is 12.4 Å². The summed E-state index contributed by atoms with van der Waals surface area (Å²) in [4.78, 5) is 2.28. The van der Waals surface area contributed by atoms with Crippen molar-refractivity contribution in [2.45, 2.75) is 17.5 Å². The molecule has 1 saturated heterocycles. The fraction of sp³-hybridized carbons (Fsp3) is 0.364. The molecule has 0 amide bonds. The minimum absolute atomic E-state index is 0.0195. The molecule has 1 heterocycles. The Morgan fingerprint density at radius 2 is 1.71 bits per heavy atom. The van der Waals surface area contributed by atoms with Gasteiger partial charge in [0, 0.05) is 25.0 Å². The second-order valence-corrected chi connectivity index (χ2v) is 8.89. The van der Waals surface area contributed by atoms with Crippen LogP contribution in [0.3, 0.4) is 0 Å². The van der Waals surface area contributed by atoms with Gasteiger partial charge >= 0.3 is 6.18 Å². The Kier molecular flexibility index (Phi) is 7.74. The molecule has 2 aromatic carbocycles. The van der Waals surface area contributed by atoms with E-state index in [1.807, 2.05) is 0 Å². The third kappa shape index (κ3) is 6.81. The van der Waals surface area contributed by atoms with Crippen molar-refractivity contribution in [1.82, 2.24) is 4.90 Å². The second-order valence-electron chi connectivity index (χ2n) is 7.06. The molecule has 2 aromatic rings. The molecule has 0 aliphatic carbocycles. The molecule has 0 saturated carbocycles. The van der Waals surface area contributed by atoms with Gasteiger partial charge in [-0.2, -0.15) is 13.2 Å². The first kappa shape index (κ1) is 23.3. The normalized spacial score (nSPS) is 16.0. The zero-order valence-corrected chi connectivity index (χ0v) is 17.7. The summed E-state index contributed by atoms with van der Waals surface area (Å²) in [5.74, 6) is 0.535. The van der Waals surface area contributed by atoms with Gasteiger partial charge in [-0.15, -0.1) is 0 Å². The van der Waals surface area contributed by atoms with E-state index in [9.17, 15) is 21.6 Å². The van der Waals surface area contributed by atoms with Crippen LogP contribution in [-0.2, 0) is 20.8 Å². The maximum absolute atomic E-state index is 13.1. The molecule has 9 heteroatoms. The van der Waals surface area contributed by atoms with E-state index in [1.165, 1.54) is 30.3 Å². The predicted molar refractivity (Wildman–Crippen MR) is 111 cm³/mol. The number of benzene rings is 2. The maximum atomic E-state index is 13.1.